The molecular formula is C13H17BrCl2N2O. The lowest BCUT2D eigenvalue weighted by atomic mass is 10.0. The molecule has 1 amide bonds. The summed E-state index contributed by atoms with van der Waals surface area (Å²) in [5, 5.41) is 3.88. The minimum Gasteiger partial charge on any atom is -0.339 e. The number of benzene rings is 1. The average Bonchev–Trinajstić information content (AvgIpc) is 2.41. The molecule has 1 aliphatic rings. The second kappa shape index (κ2) is 7.48. The Hall–Kier alpha value is -0.290. The predicted molar refractivity (Wildman–Crippen MR) is 84.4 cm³/mol. The molecule has 1 fully saturated rings. The van der Waals surface area contributed by atoms with Gasteiger partial charge in [0, 0.05) is 22.6 Å². The molecule has 0 bridgehead atoms. The van der Waals surface area contributed by atoms with Crippen molar-refractivity contribution < 1.29 is 4.79 Å². The van der Waals surface area contributed by atoms with E-state index in [9.17, 15) is 4.79 Å². The number of piperidine rings is 1. The first-order chi connectivity index (χ1) is 8.59. The smallest absolute Gasteiger partial charge is 0.255 e. The molecule has 0 saturated carbocycles. The number of carbonyl (C=O) groups is 1. The van der Waals surface area contributed by atoms with Crippen molar-refractivity contribution in [2.45, 2.75) is 18.9 Å². The molecule has 0 atom stereocenters. The van der Waals surface area contributed by atoms with Gasteiger partial charge in [-0.15, -0.1) is 12.4 Å². The summed E-state index contributed by atoms with van der Waals surface area (Å²) in [5.74, 6) is 0.0243. The maximum Gasteiger partial charge on any atom is 0.255 e. The van der Waals surface area contributed by atoms with Crippen LogP contribution >= 0.6 is 39.9 Å². The monoisotopic (exact) mass is 366 g/mol. The molecule has 6 heteroatoms. The fourth-order valence-corrected chi connectivity index (χ4v) is 2.80. The van der Waals surface area contributed by atoms with E-state index in [0.29, 0.717) is 16.6 Å². The van der Waals surface area contributed by atoms with Crippen LogP contribution in [0.1, 0.15) is 23.2 Å². The van der Waals surface area contributed by atoms with Gasteiger partial charge in [-0.2, -0.15) is 0 Å². The Morgan fingerprint density at radius 2 is 2.05 bits per heavy atom. The molecule has 0 spiro atoms. The normalized spacial score (nSPS) is 15.7. The summed E-state index contributed by atoms with van der Waals surface area (Å²) in [4.78, 5) is 14.3. The summed E-state index contributed by atoms with van der Waals surface area (Å²) in [6.07, 6.45) is 2.00. The van der Waals surface area contributed by atoms with Gasteiger partial charge in [0.25, 0.3) is 5.91 Å². The van der Waals surface area contributed by atoms with Gasteiger partial charge in [0.1, 0.15) is 0 Å². The summed E-state index contributed by atoms with van der Waals surface area (Å²) in [6.45, 7) is 1.94. The lowest BCUT2D eigenvalue weighted by molar-refractivity contribution is 0.0702. The molecule has 3 nitrogen and oxygen atoms in total. The standard InChI is InChI=1S/C13H16BrClN2O.ClH/c1-17(10-4-6-16-7-5-10)13(18)11-8-9(15)2-3-12(11)14;/h2-3,8,10,16H,4-7H2,1H3;1H. The fraction of sp³-hybridized carbons (Fsp3) is 0.462. The number of halogens is 3. The lowest BCUT2D eigenvalue weighted by Gasteiger charge is -2.32. The Kier molecular flexibility index (Phi) is 6.60. The molecule has 0 radical (unpaired) electrons. The van der Waals surface area contributed by atoms with Crippen LogP contribution in [0.25, 0.3) is 0 Å². The van der Waals surface area contributed by atoms with Crippen LogP contribution in [-0.2, 0) is 0 Å². The van der Waals surface area contributed by atoms with Crippen LogP contribution in [0.3, 0.4) is 0 Å². The quantitative estimate of drug-likeness (QED) is 0.869. The Morgan fingerprint density at radius 1 is 1.42 bits per heavy atom. The van der Waals surface area contributed by atoms with E-state index < -0.39 is 0 Å². The summed E-state index contributed by atoms with van der Waals surface area (Å²) in [6, 6.07) is 5.61. The topological polar surface area (TPSA) is 32.3 Å². The van der Waals surface area contributed by atoms with Gasteiger partial charge in [0.15, 0.2) is 0 Å². The van der Waals surface area contributed by atoms with Gasteiger partial charge in [-0.3, -0.25) is 4.79 Å². The molecule has 1 aliphatic heterocycles. The molecule has 1 aromatic carbocycles. The fourth-order valence-electron chi connectivity index (χ4n) is 2.21. The van der Waals surface area contributed by atoms with E-state index in [4.69, 9.17) is 11.6 Å². The van der Waals surface area contributed by atoms with E-state index in [2.05, 4.69) is 21.2 Å². The Morgan fingerprint density at radius 3 is 2.68 bits per heavy atom. The van der Waals surface area contributed by atoms with E-state index in [0.717, 1.165) is 30.4 Å². The average molecular weight is 368 g/mol. The van der Waals surface area contributed by atoms with Crippen molar-refractivity contribution in [3.63, 3.8) is 0 Å². The molecular weight excluding hydrogens is 351 g/mol. The lowest BCUT2D eigenvalue weighted by Crippen LogP contribution is -2.44. The maximum atomic E-state index is 12.4. The van der Waals surface area contributed by atoms with Gasteiger partial charge >= 0.3 is 0 Å². The molecule has 1 N–H and O–H groups in total. The third-order valence-electron chi connectivity index (χ3n) is 3.34. The van der Waals surface area contributed by atoms with Crippen LogP contribution in [0.2, 0.25) is 5.02 Å². The van der Waals surface area contributed by atoms with Gasteiger partial charge in [-0.25, -0.2) is 0 Å². The van der Waals surface area contributed by atoms with E-state index in [1.165, 1.54) is 0 Å². The van der Waals surface area contributed by atoms with E-state index in [-0.39, 0.29) is 18.3 Å². The van der Waals surface area contributed by atoms with E-state index >= 15 is 0 Å². The van der Waals surface area contributed by atoms with E-state index in [1.807, 2.05) is 18.0 Å². The molecule has 2 rings (SSSR count). The number of hydrogen-bond donors (Lipinski definition) is 1. The van der Waals surface area contributed by atoms with Crippen LogP contribution in [0.5, 0.6) is 0 Å². The first-order valence-corrected chi connectivity index (χ1v) is 7.19. The maximum absolute atomic E-state index is 12.4. The third kappa shape index (κ3) is 4.09. The number of rotatable bonds is 2. The zero-order chi connectivity index (χ0) is 13.1. The van der Waals surface area contributed by atoms with Crippen molar-refractivity contribution in [2.75, 3.05) is 20.1 Å². The summed E-state index contributed by atoms with van der Waals surface area (Å²) >= 11 is 9.35. The Labute approximate surface area is 133 Å². The van der Waals surface area contributed by atoms with Gasteiger partial charge in [0.2, 0.25) is 0 Å². The molecule has 1 saturated heterocycles. The molecule has 0 aromatic heterocycles. The van der Waals surface area contributed by atoms with Gasteiger partial charge in [-0.1, -0.05) is 11.6 Å². The minimum absolute atomic E-state index is 0. The second-order valence-corrected chi connectivity index (χ2v) is 5.81. The van der Waals surface area contributed by atoms with Crippen molar-refractivity contribution in [2.24, 2.45) is 0 Å². The van der Waals surface area contributed by atoms with E-state index in [1.54, 1.807) is 12.1 Å². The second-order valence-electron chi connectivity index (χ2n) is 4.52. The number of nitrogens with one attached hydrogen (secondary N) is 1. The zero-order valence-corrected chi connectivity index (χ0v) is 13.8. The molecule has 19 heavy (non-hydrogen) atoms. The van der Waals surface area contributed by atoms with Crippen molar-refractivity contribution >= 4 is 45.8 Å². The first kappa shape index (κ1) is 16.8. The SMILES string of the molecule is CN(C(=O)c1cc(Cl)ccc1Br)C1CCNCC1.Cl. The minimum atomic E-state index is 0. The largest absolute Gasteiger partial charge is 0.339 e. The molecule has 106 valence electrons. The summed E-state index contributed by atoms with van der Waals surface area (Å²) in [5.41, 5.74) is 0.628. The van der Waals surface area contributed by atoms with Gasteiger partial charge in [-0.05, 0) is 60.1 Å². The van der Waals surface area contributed by atoms with Crippen LogP contribution in [0.4, 0.5) is 0 Å². The highest BCUT2D eigenvalue weighted by Crippen LogP contribution is 2.24. The molecule has 0 unspecified atom stereocenters. The predicted octanol–water partition coefficient (Wildman–Crippen LogP) is 3.35. The van der Waals surface area contributed by atoms with Crippen molar-refractivity contribution in [3.05, 3.63) is 33.3 Å². The van der Waals surface area contributed by atoms with Crippen molar-refractivity contribution in [1.29, 1.82) is 0 Å². The summed E-state index contributed by atoms with van der Waals surface area (Å²) in [7, 11) is 1.87. The Balaban J connectivity index is 0.00000180. The molecule has 0 aliphatic carbocycles. The van der Waals surface area contributed by atoms with Crippen LogP contribution in [0.15, 0.2) is 22.7 Å². The first-order valence-electron chi connectivity index (χ1n) is 6.02. The molecule has 1 heterocycles. The number of carbonyl (C=O) groups excluding carboxylic acids is 1. The zero-order valence-electron chi connectivity index (χ0n) is 10.7. The van der Waals surface area contributed by atoms with Crippen LogP contribution < -0.4 is 5.32 Å². The number of nitrogens with zero attached hydrogens (tertiary/aromatic N) is 1. The van der Waals surface area contributed by atoms with Crippen LogP contribution in [0, 0.1) is 0 Å². The molecule has 1 aromatic rings. The van der Waals surface area contributed by atoms with Gasteiger partial charge in [0.05, 0.1) is 5.56 Å². The highest BCUT2D eigenvalue weighted by atomic mass is 79.9. The van der Waals surface area contributed by atoms with Crippen molar-refractivity contribution in [1.82, 2.24) is 10.2 Å². The van der Waals surface area contributed by atoms with Crippen LogP contribution in [-0.4, -0.2) is 37.0 Å². The highest BCUT2D eigenvalue weighted by Gasteiger charge is 2.24. The summed E-state index contributed by atoms with van der Waals surface area (Å²) < 4.78 is 0.790. The number of amides is 1. The third-order valence-corrected chi connectivity index (χ3v) is 4.26. The number of hydrogen-bond acceptors (Lipinski definition) is 2. The Bertz CT molecular complexity index is 450. The highest BCUT2D eigenvalue weighted by molar-refractivity contribution is 9.10. The van der Waals surface area contributed by atoms with Crippen molar-refractivity contribution in [3.8, 4) is 0 Å². The van der Waals surface area contributed by atoms with Gasteiger partial charge < -0.3 is 10.2 Å².